The summed E-state index contributed by atoms with van der Waals surface area (Å²) in [7, 11) is 0. The highest BCUT2D eigenvalue weighted by Crippen LogP contribution is 2.13. The summed E-state index contributed by atoms with van der Waals surface area (Å²) in [5.74, 6) is 0.718. The molecule has 0 heterocycles. The molecule has 2 atom stereocenters. The van der Waals surface area contributed by atoms with Crippen LogP contribution in [0.3, 0.4) is 0 Å². The summed E-state index contributed by atoms with van der Waals surface area (Å²) in [6.45, 7) is 4.95. The molecule has 0 bridgehead atoms. The Morgan fingerprint density at radius 2 is 0.935 bits per heavy atom. The number of carbonyl (C=O) groups is 5. The number of amides is 2. The van der Waals surface area contributed by atoms with E-state index >= 15 is 0 Å². The van der Waals surface area contributed by atoms with Crippen LogP contribution in [0, 0.1) is 0 Å². The third-order valence-electron chi connectivity index (χ3n) is 7.71. The summed E-state index contributed by atoms with van der Waals surface area (Å²) in [6, 6.07) is 44.6. The van der Waals surface area contributed by atoms with Crippen molar-refractivity contribution < 1.29 is 47.7 Å². The summed E-state index contributed by atoms with van der Waals surface area (Å²) in [6.07, 6.45) is 3.24. The van der Waals surface area contributed by atoms with Crippen molar-refractivity contribution in [3.63, 3.8) is 0 Å². The van der Waals surface area contributed by atoms with Gasteiger partial charge in [-0.05, 0) is 66.8 Å². The Morgan fingerprint density at radius 3 is 1.34 bits per heavy atom. The third kappa shape index (κ3) is 26.1. The summed E-state index contributed by atoms with van der Waals surface area (Å²) < 4.78 is 24.7. The number of nitrogens with two attached hydrogens (primary N) is 1. The zero-order valence-electron chi connectivity index (χ0n) is 34.2. The molecule has 0 saturated carbocycles. The number of esters is 2. The fourth-order valence-corrected chi connectivity index (χ4v) is 5.32. The van der Waals surface area contributed by atoms with Gasteiger partial charge in [-0.3, -0.25) is 4.79 Å². The SMILES string of the molecule is C.CCCCOC(=O)C(Br)Cc1ccccc1.CCCCOC(=O)C(Cc1ccccc1)NC(=O)Oc1ccccc1.NC(=O)Oc1ccccc1.O=C(Cl)Oc1ccccc1. The van der Waals surface area contributed by atoms with Crippen LogP contribution in [0.1, 0.15) is 58.1 Å². The van der Waals surface area contributed by atoms with Gasteiger partial charge in [-0.15, -0.1) is 0 Å². The molecule has 3 N–H and O–H groups in total. The first-order valence-electron chi connectivity index (χ1n) is 19.5. The molecule has 5 rings (SSSR count). The summed E-state index contributed by atoms with van der Waals surface area (Å²) in [5, 5.41) is 2.60. The maximum absolute atomic E-state index is 12.3. The van der Waals surface area contributed by atoms with Crippen LogP contribution in [0.4, 0.5) is 14.4 Å². The highest BCUT2D eigenvalue weighted by atomic mass is 79.9. The molecule has 2 unspecified atom stereocenters. The first-order valence-corrected chi connectivity index (χ1v) is 20.8. The molecule has 0 aliphatic heterocycles. The fraction of sp³-hybridized carbons (Fsp3) is 0.271. The van der Waals surface area contributed by atoms with Crippen molar-refractivity contribution in [1.82, 2.24) is 5.32 Å². The predicted octanol–water partition coefficient (Wildman–Crippen LogP) is 11.3. The molecule has 12 nitrogen and oxygen atoms in total. The molecule has 332 valence electrons. The van der Waals surface area contributed by atoms with Crippen LogP contribution in [0.2, 0.25) is 0 Å². The van der Waals surface area contributed by atoms with Gasteiger partial charge in [0.15, 0.2) is 0 Å². The van der Waals surface area contributed by atoms with Gasteiger partial charge in [-0.2, -0.15) is 0 Å². The zero-order chi connectivity index (χ0) is 44.5. The Morgan fingerprint density at radius 1 is 0.565 bits per heavy atom. The van der Waals surface area contributed by atoms with Crippen LogP contribution in [0.5, 0.6) is 17.2 Å². The van der Waals surface area contributed by atoms with E-state index in [1.807, 2.05) is 85.8 Å². The number of hydrogen-bond donors (Lipinski definition) is 2. The van der Waals surface area contributed by atoms with Crippen LogP contribution >= 0.6 is 27.5 Å². The van der Waals surface area contributed by atoms with Gasteiger partial charge in [0.1, 0.15) is 28.1 Å². The van der Waals surface area contributed by atoms with E-state index in [0.717, 1.165) is 36.8 Å². The van der Waals surface area contributed by atoms with Crippen molar-refractivity contribution in [2.45, 2.75) is 70.7 Å². The second-order valence-corrected chi connectivity index (χ2v) is 14.1. The molecule has 0 saturated heterocycles. The molecule has 0 aromatic heterocycles. The molecular formula is C48H56BrClN2O10. The van der Waals surface area contributed by atoms with Gasteiger partial charge in [0, 0.05) is 18.0 Å². The number of unbranched alkanes of at least 4 members (excludes halogenated alkanes) is 2. The number of nitrogens with one attached hydrogen (secondary N) is 1. The number of ether oxygens (including phenoxy) is 5. The fourth-order valence-electron chi connectivity index (χ4n) is 4.73. The topological polar surface area (TPSA) is 170 Å². The van der Waals surface area contributed by atoms with Gasteiger partial charge in [-0.25, -0.2) is 19.2 Å². The summed E-state index contributed by atoms with van der Waals surface area (Å²) >= 11 is 8.31. The van der Waals surface area contributed by atoms with Gasteiger partial charge in [0.2, 0.25) is 0 Å². The van der Waals surface area contributed by atoms with Gasteiger partial charge in [0.25, 0.3) is 0 Å². The van der Waals surface area contributed by atoms with E-state index in [4.69, 9.17) is 31.5 Å². The van der Waals surface area contributed by atoms with Crippen LogP contribution in [0.25, 0.3) is 0 Å². The largest absolute Gasteiger partial charge is 0.465 e. The van der Waals surface area contributed by atoms with Gasteiger partial charge >= 0.3 is 29.6 Å². The second kappa shape index (κ2) is 33.5. The monoisotopic (exact) mass is 934 g/mol. The molecule has 0 radical (unpaired) electrons. The lowest BCUT2D eigenvalue weighted by Gasteiger charge is -2.17. The lowest BCUT2D eigenvalue weighted by molar-refractivity contribution is -0.146. The molecule has 2 amide bonds. The minimum absolute atomic E-state index is 0. The van der Waals surface area contributed by atoms with Gasteiger partial charge < -0.3 is 34.7 Å². The third-order valence-corrected chi connectivity index (χ3v) is 8.49. The van der Waals surface area contributed by atoms with E-state index in [-0.39, 0.29) is 18.2 Å². The van der Waals surface area contributed by atoms with E-state index in [0.29, 0.717) is 43.3 Å². The van der Waals surface area contributed by atoms with E-state index in [1.165, 1.54) is 0 Å². The first-order chi connectivity index (χ1) is 29.5. The van der Waals surface area contributed by atoms with Crippen molar-refractivity contribution in [3.8, 4) is 17.2 Å². The summed E-state index contributed by atoms with van der Waals surface area (Å²) in [5.41, 5.74) is 6.02. The number of hydrogen-bond acceptors (Lipinski definition) is 10. The highest BCUT2D eigenvalue weighted by Gasteiger charge is 2.24. The molecule has 5 aromatic carbocycles. The molecule has 0 fully saturated rings. The van der Waals surface area contributed by atoms with E-state index in [9.17, 15) is 24.0 Å². The Balaban J connectivity index is 0.000000445. The van der Waals surface area contributed by atoms with E-state index in [2.05, 4.69) is 37.6 Å². The number of carbonyl (C=O) groups excluding carboxylic acids is 5. The number of rotatable bonds is 16. The number of para-hydroxylation sites is 3. The van der Waals surface area contributed by atoms with Crippen molar-refractivity contribution in [3.05, 3.63) is 163 Å². The Kier molecular flexibility index (Phi) is 29.1. The molecule has 0 aliphatic carbocycles. The van der Waals surface area contributed by atoms with Crippen molar-refractivity contribution in [2.24, 2.45) is 5.73 Å². The van der Waals surface area contributed by atoms with E-state index in [1.54, 1.807) is 72.8 Å². The van der Waals surface area contributed by atoms with Crippen LogP contribution in [0.15, 0.2) is 152 Å². The predicted molar refractivity (Wildman–Crippen MR) is 246 cm³/mol. The Hall–Kier alpha value is -6.18. The molecule has 62 heavy (non-hydrogen) atoms. The number of halogens is 2. The standard InChI is InChI=1S/C20H23NO4.C13H17BrO2.C7H5ClO2.C7H7NO2.CH4/c1-2-3-14-24-19(22)18(15-16-10-6-4-7-11-16)21-20(23)25-17-12-8-5-9-13-17;1-2-3-9-16-13(15)12(14)10-11-7-5-4-6-8-11;2*8-7(9)10-6-4-2-1-3-5-6;/h4-13,18H,2-3,14-15H2,1H3,(H,21,23);4-8,12H,2-3,9-10H2,1H3;1-5H;1-5H,(H2,8,9);1H4. The second-order valence-electron chi connectivity index (χ2n) is 12.7. The Labute approximate surface area is 378 Å². The van der Waals surface area contributed by atoms with Crippen LogP contribution in [-0.2, 0) is 31.9 Å². The van der Waals surface area contributed by atoms with Crippen molar-refractivity contribution >= 4 is 57.1 Å². The van der Waals surface area contributed by atoms with Crippen LogP contribution < -0.4 is 25.3 Å². The maximum atomic E-state index is 12.3. The number of benzene rings is 5. The molecule has 0 aliphatic rings. The molecule has 14 heteroatoms. The molecule has 0 spiro atoms. The minimum atomic E-state index is -0.814. The minimum Gasteiger partial charge on any atom is -0.465 e. The first kappa shape index (κ1) is 53.8. The van der Waals surface area contributed by atoms with Crippen LogP contribution in [-0.4, -0.2) is 53.6 Å². The molecular weight excluding hydrogens is 880 g/mol. The normalized spacial score (nSPS) is 10.6. The molecule has 5 aromatic rings. The summed E-state index contributed by atoms with van der Waals surface area (Å²) in [4.78, 5) is 56.1. The van der Waals surface area contributed by atoms with E-state index < -0.39 is 29.6 Å². The lowest BCUT2D eigenvalue weighted by Crippen LogP contribution is -2.44. The maximum Gasteiger partial charge on any atom is 0.413 e. The van der Waals surface area contributed by atoms with Gasteiger partial charge in [0.05, 0.1) is 13.2 Å². The quantitative estimate of drug-likeness (QED) is 0.0420. The lowest BCUT2D eigenvalue weighted by atomic mass is 10.1. The highest BCUT2D eigenvalue weighted by molar-refractivity contribution is 9.10. The smallest absolute Gasteiger partial charge is 0.413 e. The zero-order valence-corrected chi connectivity index (χ0v) is 36.5. The average molecular weight is 936 g/mol. The van der Waals surface area contributed by atoms with Gasteiger partial charge in [-0.1, -0.05) is 165 Å². The average Bonchev–Trinajstić information content (AvgIpc) is 3.25. The van der Waals surface area contributed by atoms with Crippen molar-refractivity contribution in [1.29, 1.82) is 0 Å². The number of alkyl halides is 1. The number of primary amides is 1. The Bertz CT molecular complexity index is 1910. The van der Waals surface area contributed by atoms with Crippen molar-refractivity contribution in [2.75, 3.05) is 13.2 Å².